The second kappa shape index (κ2) is 10.5. The third kappa shape index (κ3) is 10.7. The first-order valence-corrected chi connectivity index (χ1v) is 6.93. The highest BCUT2D eigenvalue weighted by Crippen LogP contribution is 2.14. The molecule has 0 heterocycles. The molecule has 0 spiro atoms. The highest BCUT2D eigenvalue weighted by atomic mass is 16.7. The molecule has 0 saturated carbocycles. The maximum atomic E-state index is 10.2. The van der Waals surface area contributed by atoms with Gasteiger partial charge in [-0.2, -0.15) is 5.06 Å². The van der Waals surface area contributed by atoms with Gasteiger partial charge in [-0.15, -0.1) is 0 Å². The molecule has 4 nitrogen and oxygen atoms in total. The molecule has 108 valence electrons. The normalized spacial score (nSPS) is 12.1. The Bertz CT molecular complexity index is 207. The van der Waals surface area contributed by atoms with Gasteiger partial charge in [-0.25, -0.2) is 0 Å². The summed E-state index contributed by atoms with van der Waals surface area (Å²) in [6.45, 7) is 8.36. The van der Waals surface area contributed by atoms with Crippen LogP contribution in [0.4, 0.5) is 0 Å². The van der Waals surface area contributed by atoms with Crippen LogP contribution in [0.15, 0.2) is 0 Å². The summed E-state index contributed by atoms with van der Waals surface area (Å²) in [5.74, 6) is 0. The molecule has 0 rings (SSSR count). The molecule has 0 unspecified atom stereocenters. The molecule has 0 aromatic heterocycles. The fraction of sp³-hybridized carbons (Fsp3) is 0.929. The van der Waals surface area contributed by atoms with Crippen LogP contribution >= 0.6 is 0 Å². The van der Waals surface area contributed by atoms with Crippen molar-refractivity contribution < 1.29 is 14.4 Å². The minimum Gasteiger partial charge on any atom is -0.375 e. The fourth-order valence-electron chi connectivity index (χ4n) is 1.55. The molecule has 4 heteroatoms. The largest absolute Gasteiger partial charge is 0.375 e. The molecule has 0 aromatic rings. The number of rotatable bonds is 12. The molecular weight excluding hydrogens is 230 g/mol. The quantitative estimate of drug-likeness (QED) is 0.307. The summed E-state index contributed by atoms with van der Waals surface area (Å²) >= 11 is 0. The SMILES string of the molecule is CCCCCN(C)OCCC(C)(C)OCCC=O. The van der Waals surface area contributed by atoms with E-state index in [1.165, 1.54) is 19.3 Å². The zero-order valence-corrected chi connectivity index (χ0v) is 12.4. The van der Waals surface area contributed by atoms with E-state index in [1.807, 2.05) is 26.0 Å². The third-order valence-corrected chi connectivity index (χ3v) is 2.82. The van der Waals surface area contributed by atoms with E-state index in [9.17, 15) is 4.79 Å². The molecule has 0 aliphatic carbocycles. The Hall–Kier alpha value is -0.450. The summed E-state index contributed by atoms with van der Waals surface area (Å²) in [7, 11) is 1.97. The number of aldehydes is 1. The highest BCUT2D eigenvalue weighted by Gasteiger charge is 2.18. The van der Waals surface area contributed by atoms with Crippen LogP contribution in [0.1, 0.15) is 52.9 Å². The van der Waals surface area contributed by atoms with Crippen LogP contribution in [0.25, 0.3) is 0 Å². The molecule has 0 N–H and O–H groups in total. The second-order valence-corrected chi connectivity index (χ2v) is 5.21. The Labute approximate surface area is 112 Å². The number of hydrogen-bond donors (Lipinski definition) is 0. The zero-order valence-electron chi connectivity index (χ0n) is 12.4. The molecule has 0 radical (unpaired) electrons. The Morgan fingerprint density at radius 3 is 2.56 bits per heavy atom. The van der Waals surface area contributed by atoms with Gasteiger partial charge < -0.3 is 9.53 Å². The van der Waals surface area contributed by atoms with Gasteiger partial charge in [0.25, 0.3) is 0 Å². The van der Waals surface area contributed by atoms with Gasteiger partial charge in [-0.05, 0) is 20.3 Å². The number of hydrogen-bond acceptors (Lipinski definition) is 4. The number of unbranched alkanes of at least 4 members (excludes halogenated alkanes) is 2. The van der Waals surface area contributed by atoms with E-state index in [2.05, 4.69) is 6.92 Å². The standard InChI is InChI=1S/C14H29NO3/c1-5-6-7-10-15(4)18-13-9-14(2,3)17-12-8-11-16/h11H,5-10,12-13H2,1-4H3. The Kier molecular flexibility index (Phi) is 10.2. The van der Waals surface area contributed by atoms with Gasteiger partial charge in [-0.3, -0.25) is 4.84 Å². The smallest absolute Gasteiger partial charge is 0.122 e. The summed E-state index contributed by atoms with van der Waals surface area (Å²) < 4.78 is 5.62. The van der Waals surface area contributed by atoms with Crippen LogP contribution in [0.5, 0.6) is 0 Å². The average Bonchev–Trinajstić information content (AvgIpc) is 2.29. The lowest BCUT2D eigenvalue weighted by molar-refractivity contribution is -0.156. The Morgan fingerprint density at radius 2 is 1.94 bits per heavy atom. The van der Waals surface area contributed by atoms with Gasteiger partial charge >= 0.3 is 0 Å². The maximum absolute atomic E-state index is 10.2. The molecule has 0 aromatic carbocycles. The minimum atomic E-state index is -0.229. The van der Waals surface area contributed by atoms with Gasteiger partial charge in [0.15, 0.2) is 0 Å². The lowest BCUT2D eigenvalue weighted by Crippen LogP contribution is -2.29. The number of carbonyl (C=O) groups is 1. The number of carbonyl (C=O) groups excluding carboxylic acids is 1. The lowest BCUT2D eigenvalue weighted by Gasteiger charge is -2.26. The van der Waals surface area contributed by atoms with Crippen molar-refractivity contribution in [3.63, 3.8) is 0 Å². The first-order valence-electron chi connectivity index (χ1n) is 6.93. The van der Waals surface area contributed by atoms with Crippen LogP contribution in [0.2, 0.25) is 0 Å². The monoisotopic (exact) mass is 259 g/mol. The van der Waals surface area contributed by atoms with Crippen molar-refractivity contribution in [3.8, 4) is 0 Å². The van der Waals surface area contributed by atoms with Gasteiger partial charge in [0.05, 0.1) is 18.8 Å². The van der Waals surface area contributed by atoms with Crippen molar-refractivity contribution in [1.82, 2.24) is 5.06 Å². The van der Waals surface area contributed by atoms with Gasteiger partial charge in [0.1, 0.15) is 6.29 Å². The van der Waals surface area contributed by atoms with Crippen LogP contribution in [0, 0.1) is 0 Å². The predicted molar refractivity (Wildman–Crippen MR) is 73.4 cm³/mol. The molecule has 18 heavy (non-hydrogen) atoms. The number of nitrogens with zero attached hydrogens (tertiary/aromatic N) is 1. The first-order chi connectivity index (χ1) is 8.52. The van der Waals surface area contributed by atoms with Crippen LogP contribution in [-0.2, 0) is 14.4 Å². The Morgan fingerprint density at radius 1 is 1.22 bits per heavy atom. The molecule has 0 aliphatic rings. The van der Waals surface area contributed by atoms with Crippen molar-refractivity contribution in [2.45, 2.75) is 58.5 Å². The van der Waals surface area contributed by atoms with E-state index in [0.29, 0.717) is 19.6 Å². The number of ether oxygens (including phenoxy) is 1. The van der Waals surface area contributed by atoms with Crippen LogP contribution in [0.3, 0.4) is 0 Å². The summed E-state index contributed by atoms with van der Waals surface area (Å²) in [4.78, 5) is 15.8. The number of hydroxylamine groups is 2. The molecule has 0 bridgehead atoms. The summed E-state index contributed by atoms with van der Waals surface area (Å²) in [5, 5.41) is 1.90. The lowest BCUT2D eigenvalue weighted by atomic mass is 10.1. The molecule has 0 fully saturated rings. The van der Waals surface area contributed by atoms with Crippen LogP contribution < -0.4 is 0 Å². The van der Waals surface area contributed by atoms with E-state index < -0.39 is 0 Å². The molecule has 0 aliphatic heterocycles. The van der Waals surface area contributed by atoms with Gasteiger partial charge in [0.2, 0.25) is 0 Å². The van der Waals surface area contributed by atoms with Crippen molar-refractivity contribution in [1.29, 1.82) is 0 Å². The van der Waals surface area contributed by atoms with E-state index in [0.717, 1.165) is 19.3 Å². The second-order valence-electron chi connectivity index (χ2n) is 5.21. The molecule has 0 saturated heterocycles. The molecule has 0 amide bonds. The highest BCUT2D eigenvalue weighted by molar-refractivity contribution is 5.49. The summed E-state index contributed by atoms with van der Waals surface area (Å²) in [6, 6.07) is 0. The van der Waals surface area contributed by atoms with Crippen molar-refractivity contribution in [2.75, 3.05) is 26.8 Å². The fourth-order valence-corrected chi connectivity index (χ4v) is 1.55. The maximum Gasteiger partial charge on any atom is 0.122 e. The zero-order chi connectivity index (χ0) is 13.9. The van der Waals surface area contributed by atoms with E-state index >= 15 is 0 Å². The molecular formula is C14H29NO3. The predicted octanol–water partition coefficient (Wildman–Crippen LogP) is 2.81. The molecule has 0 atom stereocenters. The van der Waals surface area contributed by atoms with Crippen molar-refractivity contribution in [2.24, 2.45) is 0 Å². The van der Waals surface area contributed by atoms with E-state index in [1.54, 1.807) is 0 Å². The van der Waals surface area contributed by atoms with Crippen LogP contribution in [-0.4, -0.2) is 43.8 Å². The van der Waals surface area contributed by atoms with Gasteiger partial charge in [-0.1, -0.05) is 19.8 Å². The van der Waals surface area contributed by atoms with Crippen molar-refractivity contribution in [3.05, 3.63) is 0 Å². The summed E-state index contributed by atoms with van der Waals surface area (Å²) in [6.07, 6.45) is 5.81. The summed E-state index contributed by atoms with van der Waals surface area (Å²) in [5.41, 5.74) is -0.229. The van der Waals surface area contributed by atoms with E-state index in [4.69, 9.17) is 9.57 Å². The average molecular weight is 259 g/mol. The van der Waals surface area contributed by atoms with Crippen molar-refractivity contribution >= 4 is 6.29 Å². The van der Waals surface area contributed by atoms with E-state index in [-0.39, 0.29) is 5.60 Å². The minimum absolute atomic E-state index is 0.229. The topological polar surface area (TPSA) is 38.8 Å². The third-order valence-electron chi connectivity index (χ3n) is 2.82. The first kappa shape index (κ1) is 17.6. The Balaban J connectivity index is 3.58. The van der Waals surface area contributed by atoms with Gasteiger partial charge in [0, 0.05) is 26.4 Å².